The van der Waals surface area contributed by atoms with Crippen LogP contribution in [0.2, 0.25) is 0 Å². The number of methoxy groups -OCH3 is 3. The van der Waals surface area contributed by atoms with Crippen LogP contribution in [0.3, 0.4) is 0 Å². The van der Waals surface area contributed by atoms with E-state index in [1.165, 1.54) is 5.01 Å². The number of fused-ring (bicyclic) bond motifs is 2. The zero-order chi connectivity index (χ0) is 19.0. The third kappa shape index (κ3) is 2.87. The van der Waals surface area contributed by atoms with Crippen LogP contribution in [-0.4, -0.2) is 34.5 Å². The summed E-state index contributed by atoms with van der Waals surface area (Å²) in [6.45, 7) is 0.250. The molecule has 0 fully saturated rings. The van der Waals surface area contributed by atoms with Crippen LogP contribution in [-0.2, 0) is 6.42 Å². The van der Waals surface area contributed by atoms with Crippen LogP contribution in [0.1, 0.15) is 17.2 Å². The molecular weight excluding hydrogens is 350 g/mol. The van der Waals surface area contributed by atoms with Gasteiger partial charge in [-0.05, 0) is 30.2 Å². The van der Waals surface area contributed by atoms with Gasteiger partial charge in [0.1, 0.15) is 12.0 Å². The lowest BCUT2D eigenvalue weighted by Crippen LogP contribution is -2.34. The van der Waals surface area contributed by atoms with E-state index in [2.05, 4.69) is 4.99 Å². The molecule has 2 aliphatic heterocycles. The van der Waals surface area contributed by atoms with E-state index in [4.69, 9.17) is 29.5 Å². The first-order chi connectivity index (χ1) is 13.2. The summed E-state index contributed by atoms with van der Waals surface area (Å²) in [5, 5.41) is 1.44. The number of hydrogen-bond donors (Lipinski definition) is 1. The van der Waals surface area contributed by atoms with E-state index in [9.17, 15) is 0 Å². The van der Waals surface area contributed by atoms with Gasteiger partial charge in [-0.15, -0.1) is 0 Å². The van der Waals surface area contributed by atoms with Crippen molar-refractivity contribution in [2.75, 3.05) is 33.1 Å². The number of ether oxygens (including phenoxy) is 5. The van der Waals surface area contributed by atoms with Crippen molar-refractivity contribution in [2.45, 2.75) is 12.5 Å². The number of hydrazine groups is 1. The first-order valence-electron chi connectivity index (χ1n) is 8.44. The molecule has 2 N–H and O–H groups in total. The van der Waals surface area contributed by atoms with Gasteiger partial charge < -0.3 is 23.7 Å². The summed E-state index contributed by atoms with van der Waals surface area (Å²) < 4.78 is 27.4. The van der Waals surface area contributed by atoms with Gasteiger partial charge >= 0.3 is 0 Å². The quantitative estimate of drug-likeness (QED) is 0.808. The highest BCUT2D eigenvalue weighted by atomic mass is 16.7. The molecule has 142 valence electrons. The molecule has 8 nitrogen and oxygen atoms in total. The molecule has 27 heavy (non-hydrogen) atoms. The summed E-state index contributed by atoms with van der Waals surface area (Å²) in [5.41, 5.74) is 2.68. The van der Waals surface area contributed by atoms with Crippen molar-refractivity contribution in [3.63, 3.8) is 0 Å². The largest absolute Gasteiger partial charge is 0.493 e. The molecule has 0 saturated heterocycles. The molecular formula is C19H21N3O5. The van der Waals surface area contributed by atoms with E-state index >= 15 is 0 Å². The summed E-state index contributed by atoms with van der Waals surface area (Å²) in [6, 6.07) is 7.63. The van der Waals surface area contributed by atoms with Gasteiger partial charge in [0, 0.05) is 5.56 Å². The number of hydrogen-bond acceptors (Lipinski definition) is 8. The number of rotatable bonds is 5. The van der Waals surface area contributed by atoms with E-state index in [1.807, 2.05) is 24.3 Å². The van der Waals surface area contributed by atoms with Crippen LogP contribution >= 0.6 is 0 Å². The third-order valence-corrected chi connectivity index (χ3v) is 4.69. The molecule has 0 bridgehead atoms. The van der Waals surface area contributed by atoms with E-state index < -0.39 is 0 Å². The predicted molar refractivity (Wildman–Crippen MR) is 100 cm³/mol. The number of nitrogens with two attached hydrogens (primary N) is 1. The highest BCUT2D eigenvalue weighted by Crippen LogP contribution is 2.50. The lowest BCUT2D eigenvalue weighted by atomic mass is 9.95. The lowest BCUT2D eigenvalue weighted by Gasteiger charge is -2.29. The van der Waals surface area contributed by atoms with Crippen LogP contribution in [0.15, 0.2) is 29.3 Å². The second kappa shape index (κ2) is 6.88. The molecule has 0 spiro atoms. The fourth-order valence-corrected chi connectivity index (χ4v) is 3.42. The van der Waals surface area contributed by atoms with Crippen LogP contribution < -0.4 is 34.5 Å². The number of anilines is 1. The molecule has 0 aliphatic carbocycles. The molecule has 0 amide bonds. The van der Waals surface area contributed by atoms with Crippen LogP contribution in [0.4, 0.5) is 5.69 Å². The zero-order valence-electron chi connectivity index (χ0n) is 15.4. The predicted octanol–water partition coefficient (Wildman–Crippen LogP) is 2.45. The first-order valence-corrected chi connectivity index (χ1v) is 8.44. The summed E-state index contributed by atoms with van der Waals surface area (Å²) in [5.74, 6) is 9.21. The van der Waals surface area contributed by atoms with E-state index in [1.54, 1.807) is 27.7 Å². The minimum absolute atomic E-state index is 0.158. The van der Waals surface area contributed by atoms with Gasteiger partial charge in [0.25, 0.3) is 0 Å². The lowest BCUT2D eigenvalue weighted by molar-refractivity contribution is 0.174. The van der Waals surface area contributed by atoms with Crippen LogP contribution in [0, 0.1) is 0 Å². The standard InChI is InChI=1S/C19H21N3O5/c1-23-16-8-12-13(6-11-4-5-14-15(7-11)27-10-26-14)21-9-22(20)17(12)19(25-3)18(16)24-2/h4-5,7-9,13H,6,10,20H2,1-3H3. The highest BCUT2D eigenvalue weighted by Gasteiger charge is 2.30. The maximum atomic E-state index is 6.14. The molecule has 2 aromatic carbocycles. The maximum absolute atomic E-state index is 6.14. The Morgan fingerprint density at radius 2 is 1.85 bits per heavy atom. The Bertz CT molecular complexity index is 899. The van der Waals surface area contributed by atoms with Gasteiger partial charge in [-0.25, -0.2) is 5.84 Å². The molecule has 2 aliphatic rings. The Morgan fingerprint density at radius 1 is 1.07 bits per heavy atom. The van der Waals surface area contributed by atoms with Crippen molar-refractivity contribution in [3.8, 4) is 28.7 Å². The molecule has 0 aromatic heterocycles. The second-order valence-electron chi connectivity index (χ2n) is 6.16. The molecule has 0 saturated carbocycles. The van der Waals surface area contributed by atoms with Crippen molar-refractivity contribution in [1.29, 1.82) is 0 Å². The van der Waals surface area contributed by atoms with Gasteiger partial charge in [0.05, 0.1) is 27.4 Å². The summed E-state index contributed by atoms with van der Waals surface area (Å²) >= 11 is 0. The fraction of sp³-hybridized carbons (Fsp3) is 0.316. The average Bonchev–Trinajstić information content (AvgIpc) is 3.16. The van der Waals surface area contributed by atoms with Crippen molar-refractivity contribution < 1.29 is 23.7 Å². The Morgan fingerprint density at radius 3 is 2.59 bits per heavy atom. The molecule has 2 heterocycles. The molecule has 1 unspecified atom stereocenters. The Kier molecular flexibility index (Phi) is 4.41. The number of nitrogens with zero attached hydrogens (tertiary/aromatic N) is 2. The SMILES string of the molecule is COc1cc2c(c(OC)c1OC)N(N)C=NC2Cc1ccc2c(c1)OCO2. The average molecular weight is 371 g/mol. The molecule has 4 rings (SSSR count). The molecule has 2 aromatic rings. The van der Waals surface area contributed by atoms with Gasteiger partial charge in [-0.1, -0.05) is 6.07 Å². The Hall–Kier alpha value is -3.13. The first kappa shape index (κ1) is 17.3. The Labute approximate surface area is 157 Å². The molecule has 0 radical (unpaired) electrons. The Balaban J connectivity index is 1.76. The normalized spacial score (nSPS) is 16.9. The van der Waals surface area contributed by atoms with Crippen LogP contribution in [0.5, 0.6) is 28.7 Å². The van der Waals surface area contributed by atoms with E-state index in [-0.39, 0.29) is 12.8 Å². The monoisotopic (exact) mass is 371 g/mol. The minimum Gasteiger partial charge on any atom is -0.493 e. The third-order valence-electron chi connectivity index (χ3n) is 4.69. The van der Waals surface area contributed by atoms with Crippen molar-refractivity contribution in [2.24, 2.45) is 10.8 Å². The van der Waals surface area contributed by atoms with E-state index in [0.717, 1.165) is 22.6 Å². The highest BCUT2D eigenvalue weighted by molar-refractivity contribution is 5.88. The van der Waals surface area contributed by atoms with Gasteiger partial charge in [0.15, 0.2) is 23.0 Å². The maximum Gasteiger partial charge on any atom is 0.231 e. The second-order valence-corrected chi connectivity index (χ2v) is 6.16. The van der Waals surface area contributed by atoms with Crippen LogP contribution in [0.25, 0.3) is 0 Å². The summed E-state index contributed by atoms with van der Waals surface area (Å²) in [6.07, 6.45) is 2.25. The fourth-order valence-electron chi connectivity index (χ4n) is 3.42. The van der Waals surface area contributed by atoms with E-state index in [0.29, 0.717) is 29.4 Å². The molecule has 1 atom stereocenters. The van der Waals surface area contributed by atoms with Gasteiger partial charge in [0.2, 0.25) is 12.5 Å². The zero-order valence-corrected chi connectivity index (χ0v) is 15.4. The minimum atomic E-state index is -0.158. The number of benzene rings is 2. The van der Waals surface area contributed by atoms with Crippen molar-refractivity contribution >= 4 is 12.0 Å². The number of aliphatic imine (C=N–C) groups is 1. The topological polar surface area (TPSA) is 87.8 Å². The van der Waals surface area contributed by atoms with Gasteiger partial charge in [-0.3, -0.25) is 10.0 Å². The summed E-state index contributed by atoms with van der Waals surface area (Å²) in [4.78, 5) is 4.60. The van der Waals surface area contributed by atoms with Crippen molar-refractivity contribution in [1.82, 2.24) is 0 Å². The smallest absolute Gasteiger partial charge is 0.231 e. The molecule has 8 heteroatoms. The summed E-state index contributed by atoms with van der Waals surface area (Å²) in [7, 11) is 4.72. The van der Waals surface area contributed by atoms with Crippen molar-refractivity contribution in [3.05, 3.63) is 35.4 Å². The van der Waals surface area contributed by atoms with Gasteiger partial charge in [-0.2, -0.15) is 0 Å².